The number of nitrogens with zero attached hydrogens (tertiary/aromatic N) is 2. The lowest BCUT2D eigenvalue weighted by Crippen LogP contribution is -2.00. The van der Waals surface area contributed by atoms with Crippen molar-refractivity contribution in [2.75, 3.05) is 5.73 Å². The molecule has 0 bridgehead atoms. The van der Waals surface area contributed by atoms with Crippen molar-refractivity contribution in [3.8, 4) is 17.1 Å². The first kappa shape index (κ1) is 13.8. The summed E-state index contributed by atoms with van der Waals surface area (Å²) in [6, 6.07) is 10.8. The number of nitrogen functional groups attached to an aromatic ring is 1. The van der Waals surface area contributed by atoms with E-state index in [1.807, 2.05) is 24.3 Å². The van der Waals surface area contributed by atoms with E-state index in [9.17, 15) is 5.11 Å². The molecule has 3 rings (SSSR count). The van der Waals surface area contributed by atoms with E-state index in [4.69, 9.17) is 17.3 Å². The second-order valence-corrected chi connectivity index (χ2v) is 5.43. The van der Waals surface area contributed by atoms with Gasteiger partial charge in [0.1, 0.15) is 11.6 Å². The predicted octanol–water partition coefficient (Wildman–Crippen LogP) is 4.05. The van der Waals surface area contributed by atoms with Crippen LogP contribution in [0, 0.1) is 0 Å². The minimum Gasteiger partial charge on any atom is -0.506 e. The van der Waals surface area contributed by atoms with Crippen molar-refractivity contribution in [1.82, 2.24) is 9.55 Å². The molecule has 0 saturated carbocycles. The first-order chi connectivity index (χ1) is 10.1. The standard InChI is InChI=1S/C16H16ClN3O/c1-2-7-20-14-9-11(17)4-5-13(14)19-16(20)10-3-6-15(21)12(18)8-10/h3-6,8-9,21H,2,7,18H2,1H3. The molecular formula is C16H16ClN3O. The van der Waals surface area contributed by atoms with Crippen molar-refractivity contribution in [1.29, 1.82) is 0 Å². The number of benzene rings is 2. The van der Waals surface area contributed by atoms with E-state index < -0.39 is 0 Å². The molecule has 0 saturated heterocycles. The highest BCUT2D eigenvalue weighted by atomic mass is 35.5. The van der Waals surface area contributed by atoms with Crippen molar-refractivity contribution in [3.05, 3.63) is 41.4 Å². The number of aromatic hydroxyl groups is 1. The summed E-state index contributed by atoms with van der Waals surface area (Å²) < 4.78 is 2.13. The first-order valence-electron chi connectivity index (χ1n) is 6.85. The maximum atomic E-state index is 9.57. The lowest BCUT2D eigenvalue weighted by atomic mass is 10.1. The highest BCUT2D eigenvalue weighted by molar-refractivity contribution is 6.31. The van der Waals surface area contributed by atoms with Crippen LogP contribution in [0.25, 0.3) is 22.4 Å². The molecule has 0 fully saturated rings. The van der Waals surface area contributed by atoms with E-state index in [-0.39, 0.29) is 5.75 Å². The van der Waals surface area contributed by atoms with Gasteiger partial charge in [-0.1, -0.05) is 18.5 Å². The number of rotatable bonds is 3. The van der Waals surface area contributed by atoms with Gasteiger partial charge in [0.15, 0.2) is 0 Å². The molecular weight excluding hydrogens is 286 g/mol. The molecule has 0 aliphatic rings. The van der Waals surface area contributed by atoms with E-state index in [1.165, 1.54) is 0 Å². The normalized spacial score (nSPS) is 11.1. The van der Waals surface area contributed by atoms with Crippen LogP contribution in [0.5, 0.6) is 5.75 Å². The van der Waals surface area contributed by atoms with Crippen molar-refractivity contribution < 1.29 is 5.11 Å². The minimum atomic E-state index is 0.0833. The zero-order valence-electron chi connectivity index (χ0n) is 11.7. The summed E-state index contributed by atoms with van der Waals surface area (Å²) in [5.74, 6) is 0.917. The Hall–Kier alpha value is -2.20. The fourth-order valence-corrected chi connectivity index (χ4v) is 2.63. The number of aromatic nitrogens is 2. The highest BCUT2D eigenvalue weighted by Crippen LogP contribution is 2.30. The summed E-state index contributed by atoms with van der Waals surface area (Å²) in [5, 5.41) is 10.3. The Morgan fingerprint density at radius 2 is 2.05 bits per heavy atom. The third-order valence-electron chi connectivity index (χ3n) is 3.44. The van der Waals surface area contributed by atoms with Gasteiger partial charge in [0.25, 0.3) is 0 Å². The molecule has 4 nitrogen and oxygen atoms in total. The monoisotopic (exact) mass is 301 g/mol. The van der Waals surface area contributed by atoms with Crippen molar-refractivity contribution in [2.24, 2.45) is 0 Å². The van der Waals surface area contributed by atoms with Crippen molar-refractivity contribution in [2.45, 2.75) is 19.9 Å². The third-order valence-corrected chi connectivity index (χ3v) is 3.68. The maximum Gasteiger partial charge on any atom is 0.141 e. The molecule has 1 aromatic heterocycles. The Kier molecular flexibility index (Phi) is 3.47. The Morgan fingerprint density at radius 1 is 1.24 bits per heavy atom. The average molecular weight is 302 g/mol. The van der Waals surface area contributed by atoms with Crippen molar-refractivity contribution >= 4 is 28.3 Å². The van der Waals surface area contributed by atoms with Gasteiger partial charge in [-0.25, -0.2) is 4.98 Å². The number of phenols is 1. The number of halogens is 1. The number of anilines is 1. The van der Waals surface area contributed by atoms with Crippen LogP contribution in [0.2, 0.25) is 5.02 Å². The average Bonchev–Trinajstić information content (AvgIpc) is 2.81. The molecule has 2 aromatic carbocycles. The summed E-state index contributed by atoms with van der Waals surface area (Å²) >= 11 is 6.10. The van der Waals surface area contributed by atoms with E-state index in [0.29, 0.717) is 10.7 Å². The smallest absolute Gasteiger partial charge is 0.141 e. The van der Waals surface area contributed by atoms with Crippen LogP contribution in [0.1, 0.15) is 13.3 Å². The van der Waals surface area contributed by atoms with Gasteiger partial charge in [-0.15, -0.1) is 0 Å². The largest absolute Gasteiger partial charge is 0.506 e. The van der Waals surface area contributed by atoms with Crippen LogP contribution in [0.15, 0.2) is 36.4 Å². The number of nitrogens with two attached hydrogens (primary N) is 1. The topological polar surface area (TPSA) is 64.1 Å². The van der Waals surface area contributed by atoms with Crippen LogP contribution in [-0.4, -0.2) is 14.7 Å². The van der Waals surface area contributed by atoms with Crippen LogP contribution in [0.4, 0.5) is 5.69 Å². The Labute approximate surface area is 127 Å². The molecule has 0 amide bonds. The van der Waals surface area contributed by atoms with E-state index in [1.54, 1.807) is 12.1 Å². The van der Waals surface area contributed by atoms with Gasteiger partial charge in [0.05, 0.1) is 16.7 Å². The Morgan fingerprint density at radius 3 is 2.76 bits per heavy atom. The Bertz CT molecular complexity index is 811. The van der Waals surface area contributed by atoms with E-state index in [2.05, 4.69) is 16.5 Å². The summed E-state index contributed by atoms with van der Waals surface area (Å²) in [4.78, 5) is 4.68. The summed E-state index contributed by atoms with van der Waals surface area (Å²) in [5.41, 5.74) is 8.92. The number of imidazole rings is 1. The van der Waals surface area contributed by atoms with E-state index >= 15 is 0 Å². The summed E-state index contributed by atoms with van der Waals surface area (Å²) in [7, 11) is 0. The SMILES string of the molecule is CCCn1c(-c2ccc(O)c(N)c2)nc2ccc(Cl)cc21. The zero-order chi connectivity index (χ0) is 15.0. The van der Waals surface area contributed by atoms with Gasteiger partial charge in [-0.05, 0) is 42.8 Å². The molecule has 0 unspecified atom stereocenters. The van der Waals surface area contributed by atoms with Crippen LogP contribution >= 0.6 is 11.6 Å². The number of hydrogen-bond donors (Lipinski definition) is 2. The number of phenolic OH excluding ortho intramolecular Hbond substituents is 1. The summed E-state index contributed by atoms with van der Waals surface area (Å²) in [6.45, 7) is 2.96. The molecule has 108 valence electrons. The summed E-state index contributed by atoms with van der Waals surface area (Å²) in [6.07, 6.45) is 0.985. The molecule has 5 heteroatoms. The van der Waals surface area contributed by atoms with Crippen molar-refractivity contribution in [3.63, 3.8) is 0 Å². The third kappa shape index (κ3) is 2.43. The van der Waals surface area contributed by atoms with E-state index in [0.717, 1.165) is 35.4 Å². The zero-order valence-corrected chi connectivity index (χ0v) is 12.4. The molecule has 0 aliphatic heterocycles. The fraction of sp³-hybridized carbons (Fsp3) is 0.188. The number of hydrogen-bond acceptors (Lipinski definition) is 3. The molecule has 0 atom stereocenters. The Balaban J connectivity index is 2.25. The van der Waals surface area contributed by atoms with Crippen LogP contribution in [0.3, 0.4) is 0 Å². The van der Waals surface area contributed by atoms with Gasteiger partial charge < -0.3 is 15.4 Å². The fourth-order valence-electron chi connectivity index (χ4n) is 2.46. The van der Waals surface area contributed by atoms with Gasteiger partial charge in [0, 0.05) is 17.1 Å². The predicted molar refractivity (Wildman–Crippen MR) is 86.5 cm³/mol. The lowest BCUT2D eigenvalue weighted by Gasteiger charge is -2.09. The van der Waals surface area contributed by atoms with Crippen LogP contribution < -0.4 is 5.73 Å². The second kappa shape index (κ2) is 5.30. The first-order valence-corrected chi connectivity index (χ1v) is 7.22. The molecule has 3 N–H and O–H groups in total. The lowest BCUT2D eigenvalue weighted by molar-refractivity contribution is 0.478. The second-order valence-electron chi connectivity index (χ2n) is 4.99. The van der Waals surface area contributed by atoms with Crippen LogP contribution in [-0.2, 0) is 6.54 Å². The molecule has 3 aromatic rings. The molecule has 21 heavy (non-hydrogen) atoms. The number of aryl methyl sites for hydroxylation is 1. The minimum absolute atomic E-state index is 0.0833. The molecule has 0 radical (unpaired) electrons. The quantitative estimate of drug-likeness (QED) is 0.566. The van der Waals surface area contributed by atoms with Gasteiger partial charge in [-0.2, -0.15) is 0 Å². The molecule has 0 aliphatic carbocycles. The molecule has 1 heterocycles. The van der Waals surface area contributed by atoms with Gasteiger partial charge in [0.2, 0.25) is 0 Å². The molecule has 0 spiro atoms. The highest BCUT2D eigenvalue weighted by Gasteiger charge is 2.13. The maximum absolute atomic E-state index is 9.57. The van der Waals surface area contributed by atoms with Gasteiger partial charge >= 0.3 is 0 Å². The van der Waals surface area contributed by atoms with Gasteiger partial charge in [-0.3, -0.25) is 0 Å². The number of fused-ring (bicyclic) bond motifs is 1.